The van der Waals surface area contributed by atoms with Crippen molar-refractivity contribution in [1.82, 2.24) is 4.98 Å². The number of hydrogen-bond acceptors (Lipinski definition) is 3. The molecule has 1 aromatic heterocycles. The SMILES string of the molecule is CCc1cc(C)c(/C(C#N)=C(\C)c2ccc(NC3(C)CC3)cn2)cc1F. The molecule has 0 amide bonds. The molecule has 1 N–H and O–H groups in total. The molecule has 0 aliphatic heterocycles. The van der Waals surface area contributed by atoms with Gasteiger partial charge in [0, 0.05) is 5.54 Å². The molecule has 1 aliphatic rings. The van der Waals surface area contributed by atoms with Gasteiger partial charge < -0.3 is 5.32 Å². The van der Waals surface area contributed by atoms with Crippen LogP contribution in [0.2, 0.25) is 0 Å². The Morgan fingerprint density at radius 1 is 1.35 bits per heavy atom. The van der Waals surface area contributed by atoms with Crippen LogP contribution in [0.25, 0.3) is 11.1 Å². The third kappa shape index (κ3) is 3.62. The summed E-state index contributed by atoms with van der Waals surface area (Å²) >= 11 is 0. The molecule has 3 nitrogen and oxygen atoms in total. The minimum atomic E-state index is -0.265. The van der Waals surface area contributed by atoms with Gasteiger partial charge in [-0.3, -0.25) is 4.98 Å². The van der Waals surface area contributed by atoms with Gasteiger partial charge in [-0.1, -0.05) is 13.0 Å². The third-order valence-electron chi connectivity index (χ3n) is 5.12. The fourth-order valence-corrected chi connectivity index (χ4v) is 3.11. The highest BCUT2D eigenvalue weighted by Gasteiger charge is 2.36. The standard InChI is InChI=1S/C22H24FN3/c1-5-16-10-14(2)18(11-20(16)23)19(12-24)15(3)21-7-6-17(13-25-21)26-22(4)8-9-22/h6-7,10-11,13,26H,5,8-9H2,1-4H3/b19-15+. The summed E-state index contributed by atoms with van der Waals surface area (Å²) in [4.78, 5) is 4.51. The summed E-state index contributed by atoms with van der Waals surface area (Å²) in [6, 6.07) is 9.43. The summed E-state index contributed by atoms with van der Waals surface area (Å²) in [6.07, 6.45) is 4.77. The molecule has 0 radical (unpaired) electrons. The maximum absolute atomic E-state index is 14.3. The molecule has 0 spiro atoms. The lowest BCUT2D eigenvalue weighted by molar-refractivity contribution is 0.611. The molecule has 0 unspecified atom stereocenters. The minimum absolute atomic E-state index is 0.196. The Kier molecular flexibility index (Phi) is 4.82. The second kappa shape index (κ2) is 6.92. The van der Waals surface area contributed by atoms with Gasteiger partial charge in [0.15, 0.2) is 0 Å². The van der Waals surface area contributed by atoms with Crippen LogP contribution in [-0.4, -0.2) is 10.5 Å². The summed E-state index contributed by atoms with van der Waals surface area (Å²) in [5.41, 5.74) is 5.33. The van der Waals surface area contributed by atoms with Crippen molar-refractivity contribution in [3.63, 3.8) is 0 Å². The van der Waals surface area contributed by atoms with Gasteiger partial charge in [-0.25, -0.2) is 4.39 Å². The van der Waals surface area contributed by atoms with E-state index < -0.39 is 0 Å². The molecule has 4 heteroatoms. The molecule has 3 rings (SSSR count). The number of benzene rings is 1. The molecule has 1 aliphatic carbocycles. The quantitative estimate of drug-likeness (QED) is 0.724. The van der Waals surface area contributed by atoms with Crippen molar-refractivity contribution in [1.29, 1.82) is 5.26 Å². The monoisotopic (exact) mass is 349 g/mol. The van der Waals surface area contributed by atoms with Crippen molar-refractivity contribution in [2.45, 2.75) is 52.5 Å². The topological polar surface area (TPSA) is 48.7 Å². The van der Waals surface area contributed by atoms with E-state index in [1.807, 2.05) is 39.0 Å². The van der Waals surface area contributed by atoms with Crippen LogP contribution in [0.3, 0.4) is 0 Å². The molecule has 1 fully saturated rings. The highest BCUT2D eigenvalue weighted by Crippen LogP contribution is 2.38. The average molecular weight is 349 g/mol. The highest BCUT2D eigenvalue weighted by molar-refractivity contribution is 5.96. The van der Waals surface area contributed by atoms with E-state index >= 15 is 0 Å². The van der Waals surface area contributed by atoms with E-state index in [4.69, 9.17) is 0 Å². The Morgan fingerprint density at radius 3 is 2.62 bits per heavy atom. The number of aromatic nitrogens is 1. The first-order chi connectivity index (χ1) is 12.4. The molecule has 134 valence electrons. The fourth-order valence-electron chi connectivity index (χ4n) is 3.11. The number of pyridine rings is 1. The molecular weight excluding hydrogens is 325 g/mol. The van der Waals surface area contributed by atoms with Crippen molar-refractivity contribution in [3.8, 4) is 6.07 Å². The smallest absolute Gasteiger partial charge is 0.127 e. The molecule has 1 aromatic carbocycles. The normalized spacial score (nSPS) is 15.8. The van der Waals surface area contributed by atoms with Gasteiger partial charge in [0.1, 0.15) is 11.9 Å². The molecule has 1 heterocycles. The van der Waals surface area contributed by atoms with Crippen molar-refractivity contribution in [2.75, 3.05) is 5.32 Å². The van der Waals surface area contributed by atoms with Crippen molar-refractivity contribution >= 4 is 16.8 Å². The van der Waals surface area contributed by atoms with Crippen molar-refractivity contribution < 1.29 is 4.39 Å². The van der Waals surface area contributed by atoms with Crippen LogP contribution in [0.1, 0.15) is 56.0 Å². The Balaban J connectivity index is 1.96. The number of anilines is 1. The number of nitriles is 1. The zero-order chi connectivity index (χ0) is 18.9. The predicted octanol–water partition coefficient (Wildman–Crippen LogP) is 5.51. The highest BCUT2D eigenvalue weighted by atomic mass is 19.1. The number of nitrogens with zero attached hydrogens (tertiary/aromatic N) is 2. The largest absolute Gasteiger partial charge is 0.379 e. The van der Waals surface area contributed by atoms with Crippen LogP contribution in [0, 0.1) is 24.1 Å². The Hall–Kier alpha value is -2.67. The summed E-state index contributed by atoms with van der Waals surface area (Å²) < 4.78 is 14.3. The molecular formula is C22H24FN3. The Bertz CT molecular complexity index is 900. The van der Waals surface area contributed by atoms with Gasteiger partial charge >= 0.3 is 0 Å². The maximum Gasteiger partial charge on any atom is 0.127 e. The van der Waals surface area contributed by atoms with Crippen molar-refractivity contribution in [3.05, 3.63) is 58.7 Å². The second-order valence-electron chi connectivity index (χ2n) is 7.34. The Morgan fingerprint density at radius 2 is 2.08 bits per heavy atom. The third-order valence-corrected chi connectivity index (χ3v) is 5.12. The van der Waals surface area contributed by atoms with E-state index in [1.165, 1.54) is 18.9 Å². The molecule has 26 heavy (non-hydrogen) atoms. The lowest BCUT2D eigenvalue weighted by Crippen LogP contribution is -2.15. The second-order valence-corrected chi connectivity index (χ2v) is 7.34. The lowest BCUT2D eigenvalue weighted by atomic mass is 9.93. The number of allylic oxidation sites excluding steroid dienone is 2. The zero-order valence-corrected chi connectivity index (χ0v) is 15.8. The van der Waals surface area contributed by atoms with Crippen LogP contribution in [-0.2, 0) is 6.42 Å². The van der Waals surface area contributed by atoms with E-state index in [1.54, 1.807) is 6.20 Å². The van der Waals surface area contributed by atoms with E-state index in [9.17, 15) is 9.65 Å². The first kappa shape index (κ1) is 18.1. The van der Waals surface area contributed by atoms with Crippen LogP contribution in [0.4, 0.5) is 10.1 Å². The van der Waals surface area contributed by atoms with Crippen molar-refractivity contribution in [2.24, 2.45) is 0 Å². The van der Waals surface area contributed by atoms with Gasteiger partial charge in [0.25, 0.3) is 0 Å². The van der Waals surface area contributed by atoms with E-state index in [0.717, 1.165) is 22.5 Å². The average Bonchev–Trinajstić information content (AvgIpc) is 3.35. The van der Waals surface area contributed by atoms with Gasteiger partial charge in [0.05, 0.1) is 23.2 Å². The minimum Gasteiger partial charge on any atom is -0.379 e. The van der Waals surface area contributed by atoms with Gasteiger partial charge in [-0.2, -0.15) is 5.26 Å². The van der Waals surface area contributed by atoms with Crippen LogP contribution in [0.15, 0.2) is 30.5 Å². The first-order valence-corrected chi connectivity index (χ1v) is 9.02. The number of nitrogens with one attached hydrogen (secondary N) is 1. The molecule has 0 bridgehead atoms. The number of aryl methyl sites for hydroxylation is 2. The number of halogens is 1. The summed E-state index contributed by atoms with van der Waals surface area (Å²) in [5.74, 6) is -0.265. The lowest BCUT2D eigenvalue weighted by Gasteiger charge is -2.14. The van der Waals surface area contributed by atoms with Gasteiger partial charge in [0.2, 0.25) is 0 Å². The van der Waals surface area contributed by atoms with Crippen LogP contribution < -0.4 is 5.32 Å². The molecule has 1 saturated carbocycles. The fraction of sp³-hybridized carbons (Fsp3) is 0.364. The number of hydrogen-bond donors (Lipinski definition) is 1. The first-order valence-electron chi connectivity index (χ1n) is 9.02. The predicted molar refractivity (Wildman–Crippen MR) is 104 cm³/mol. The zero-order valence-electron chi connectivity index (χ0n) is 15.8. The summed E-state index contributed by atoms with van der Waals surface area (Å²) in [6.45, 7) is 7.89. The van der Waals surface area contributed by atoms with E-state index in [0.29, 0.717) is 23.1 Å². The van der Waals surface area contributed by atoms with Crippen LogP contribution in [0.5, 0.6) is 0 Å². The maximum atomic E-state index is 14.3. The summed E-state index contributed by atoms with van der Waals surface area (Å²) in [5, 5.41) is 13.2. The summed E-state index contributed by atoms with van der Waals surface area (Å²) in [7, 11) is 0. The van der Waals surface area contributed by atoms with E-state index in [2.05, 4.69) is 23.3 Å². The van der Waals surface area contributed by atoms with Gasteiger partial charge in [-0.15, -0.1) is 0 Å². The Labute approximate surface area is 154 Å². The van der Waals surface area contributed by atoms with Crippen LogP contribution >= 0.6 is 0 Å². The molecule has 0 atom stereocenters. The van der Waals surface area contributed by atoms with E-state index in [-0.39, 0.29) is 11.4 Å². The number of rotatable bonds is 5. The molecule has 2 aromatic rings. The molecule has 0 saturated heterocycles. The van der Waals surface area contributed by atoms with Gasteiger partial charge in [-0.05, 0) is 80.5 Å².